The molecule has 1 unspecified atom stereocenters. The van der Waals surface area contributed by atoms with Crippen molar-refractivity contribution in [2.24, 2.45) is 7.05 Å². The Morgan fingerprint density at radius 3 is 2.36 bits per heavy atom. The standard InChI is InChI=1S/C23H25N3O.ClH/c1-26-20-10-6-5-9-19(20)21(22(26)15-7-3-2-4-8-15)23(27)25-18-13-16-11-12-17(14-18)24-16;/h2-10,16-18,24H,11-14H2,1H3,(H,25,27);1H/t16-,17+,18?;. The lowest BCUT2D eigenvalue weighted by Gasteiger charge is -2.29. The molecule has 1 amide bonds. The average Bonchev–Trinajstić information content (AvgIpc) is 3.19. The zero-order valence-electron chi connectivity index (χ0n) is 16.0. The summed E-state index contributed by atoms with van der Waals surface area (Å²) < 4.78 is 2.14. The number of fused-ring (bicyclic) bond motifs is 3. The molecule has 0 saturated carbocycles. The lowest BCUT2D eigenvalue weighted by Crippen LogP contribution is -2.48. The number of aromatic nitrogens is 1. The first-order valence-corrected chi connectivity index (χ1v) is 9.90. The zero-order chi connectivity index (χ0) is 18.4. The molecule has 2 saturated heterocycles. The van der Waals surface area contributed by atoms with Gasteiger partial charge in [-0.2, -0.15) is 0 Å². The van der Waals surface area contributed by atoms with E-state index < -0.39 is 0 Å². The molecule has 2 aliphatic heterocycles. The first kappa shape index (κ1) is 19.0. The van der Waals surface area contributed by atoms with Crippen molar-refractivity contribution >= 4 is 29.2 Å². The molecule has 2 bridgehead atoms. The normalized spacial score (nSPS) is 23.4. The van der Waals surface area contributed by atoms with Crippen molar-refractivity contribution in [2.75, 3.05) is 0 Å². The van der Waals surface area contributed by atoms with Crippen LogP contribution in [-0.4, -0.2) is 28.6 Å². The van der Waals surface area contributed by atoms with Crippen LogP contribution < -0.4 is 10.6 Å². The average molecular weight is 396 g/mol. The van der Waals surface area contributed by atoms with Gasteiger partial charge in [-0.05, 0) is 37.3 Å². The van der Waals surface area contributed by atoms with Crippen LogP contribution in [0.25, 0.3) is 22.2 Å². The van der Waals surface area contributed by atoms with Crippen molar-refractivity contribution in [1.82, 2.24) is 15.2 Å². The van der Waals surface area contributed by atoms with Gasteiger partial charge < -0.3 is 15.2 Å². The van der Waals surface area contributed by atoms with Crippen molar-refractivity contribution in [3.8, 4) is 11.3 Å². The highest BCUT2D eigenvalue weighted by Crippen LogP contribution is 2.34. The molecule has 4 nitrogen and oxygen atoms in total. The summed E-state index contributed by atoms with van der Waals surface area (Å²) in [6.07, 6.45) is 4.54. The van der Waals surface area contributed by atoms with Gasteiger partial charge in [0.1, 0.15) is 0 Å². The Kier molecular flexibility index (Phi) is 5.17. The first-order valence-electron chi connectivity index (χ1n) is 9.90. The van der Waals surface area contributed by atoms with E-state index in [1.807, 2.05) is 37.4 Å². The van der Waals surface area contributed by atoms with E-state index in [9.17, 15) is 4.79 Å². The number of benzene rings is 2. The predicted molar refractivity (Wildman–Crippen MR) is 116 cm³/mol. The number of piperidine rings is 1. The van der Waals surface area contributed by atoms with E-state index in [1.165, 1.54) is 12.8 Å². The molecule has 0 spiro atoms. The van der Waals surface area contributed by atoms with Gasteiger partial charge in [0.15, 0.2) is 0 Å². The summed E-state index contributed by atoms with van der Waals surface area (Å²) in [6, 6.07) is 19.8. The van der Waals surface area contributed by atoms with Crippen LogP contribution in [0.15, 0.2) is 54.6 Å². The fourth-order valence-electron chi connectivity index (χ4n) is 4.99. The number of para-hydroxylation sites is 1. The van der Waals surface area contributed by atoms with E-state index in [-0.39, 0.29) is 24.4 Å². The van der Waals surface area contributed by atoms with E-state index in [0.29, 0.717) is 12.1 Å². The van der Waals surface area contributed by atoms with Crippen LogP contribution >= 0.6 is 12.4 Å². The number of rotatable bonds is 3. The quantitative estimate of drug-likeness (QED) is 0.695. The number of carbonyl (C=O) groups is 1. The summed E-state index contributed by atoms with van der Waals surface area (Å²) in [5, 5.41) is 8.03. The number of nitrogens with one attached hydrogen (secondary N) is 2. The highest BCUT2D eigenvalue weighted by molar-refractivity contribution is 6.12. The molecule has 5 rings (SSSR count). The lowest BCUT2D eigenvalue weighted by atomic mass is 9.98. The number of hydrogen-bond acceptors (Lipinski definition) is 2. The van der Waals surface area contributed by atoms with Crippen molar-refractivity contribution in [3.05, 3.63) is 60.2 Å². The molecular weight excluding hydrogens is 370 g/mol. The summed E-state index contributed by atoms with van der Waals surface area (Å²) in [5.41, 5.74) is 3.95. The molecule has 0 aliphatic carbocycles. The number of carbonyl (C=O) groups excluding carboxylic acids is 1. The Bertz CT molecular complexity index is 986. The maximum absolute atomic E-state index is 13.4. The third kappa shape index (κ3) is 3.21. The molecule has 3 aromatic rings. The van der Waals surface area contributed by atoms with E-state index in [1.54, 1.807) is 0 Å². The molecular formula is C23H26ClN3O. The second kappa shape index (κ2) is 7.61. The van der Waals surface area contributed by atoms with Crippen LogP contribution in [0.3, 0.4) is 0 Å². The maximum Gasteiger partial charge on any atom is 0.254 e. The van der Waals surface area contributed by atoms with Crippen molar-refractivity contribution in [1.29, 1.82) is 0 Å². The SMILES string of the molecule is Cl.Cn1c(-c2ccccc2)c(C(=O)NC2C[C@H]3CC[C@@H](C2)N3)c2ccccc21. The Balaban J connectivity index is 0.00000192. The Morgan fingerprint density at radius 1 is 1.00 bits per heavy atom. The third-order valence-corrected chi connectivity index (χ3v) is 6.19. The summed E-state index contributed by atoms with van der Waals surface area (Å²) in [6.45, 7) is 0. The molecule has 28 heavy (non-hydrogen) atoms. The van der Waals surface area contributed by atoms with Gasteiger partial charge in [-0.15, -0.1) is 12.4 Å². The molecule has 5 heteroatoms. The molecule has 2 aliphatic rings. The van der Waals surface area contributed by atoms with Crippen LogP contribution in [0.2, 0.25) is 0 Å². The summed E-state index contributed by atoms with van der Waals surface area (Å²) >= 11 is 0. The fraction of sp³-hybridized carbons (Fsp3) is 0.348. The minimum atomic E-state index is 0. The van der Waals surface area contributed by atoms with Gasteiger partial charge in [-0.3, -0.25) is 4.79 Å². The van der Waals surface area contributed by atoms with Crippen LogP contribution in [0.5, 0.6) is 0 Å². The Labute approximate surface area is 171 Å². The van der Waals surface area contributed by atoms with Crippen LogP contribution in [0.1, 0.15) is 36.0 Å². The number of aryl methyl sites for hydroxylation is 1. The van der Waals surface area contributed by atoms with E-state index in [4.69, 9.17) is 0 Å². The Morgan fingerprint density at radius 2 is 1.64 bits per heavy atom. The van der Waals surface area contributed by atoms with Gasteiger partial charge in [0.2, 0.25) is 0 Å². The first-order chi connectivity index (χ1) is 13.2. The molecule has 1 aromatic heterocycles. The monoisotopic (exact) mass is 395 g/mol. The third-order valence-electron chi connectivity index (χ3n) is 6.19. The zero-order valence-corrected chi connectivity index (χ0v) is 16.8. The van der Waals surface area contributed by atoms with Gasteiger partial charge in [-0.1, -0.05) is 48.5 Å². The molecule has 146 valence electrons. The molecule has 2 aromatic carbocycles. The second-order valence-corrected chi connectivity index (χ2v) is 7.95. The minimum Gasteiger partial charge on any atom is -0.349 e. The van der Waals surface area contributed by atoms with Gasteiger partial charge >= 0.3 is 0 Å². The highest BCUT2D eigenvalue weighted by atomic mass is 35.5. The van der Waals surface area contributed by atoms with E-state index >= 15 is 0 Å². The van der Waals surface area contributed by atoms with E-state index in [0.717, 1.165) is 40.6 Å². The smallest absolute Gasteiger partial charge is 0.254 e. The second-order valence-electron chi connectivity index (χ2n) is 7.95. The molecule has 0 radical (unpaired) electrons. The van der Waals surface area contributed by atoms with Crippen LogP contribution in [-0.2, 0) is 7.05 Å². The summed E-state index contributed by atoms with van der Waals surface area (Å²) in [4.78, 5) is 13.4. The van der Waals surface area contributed by atoms with E-state index in [2.05, 4.69) is 39.5 Å². The molecule has 3 atom stereocenters. The predicted octanol–water partition coefficient (Wildman–Crippen LogP) is 4.28. The van der Waals surface area contributed by atoms with Crippen molar-refractivity contribution in [3.63, 3.8) is 0 Å². The highest BCUT2D eigenvalue weighted by Gasteiger charge is 2.34. The van der Waals surface area contributed by atoms with Gasteiger partial charge in [0.05, 0.1) is 11.3 Å². The van der Waals surface area contributed by atoms with Crippen molar-refractivity contribution in [2.45, 2.75) is 43.8 Å². The fourth-order valence-corrected chi connectivity index (χ4v) is 4.99. The topological polar surface area (TPSA) is 46.1 Å². The number of amides is 1. The van der Waals surface area contributed by atoms with Gasteiger partial charge in [-0.25, -0.2) is 0 Å². The maximum atomic E-state index is 13.4. The van der Waals surface area contributed by atoms with Crippen LogP contribution in [0, 0.1) is 0 Å². The van der Waals surface area contributed by atoms with Gasteiger partial charge in [0, 0.05) is 36.1 Å². The number of nitrogens with zero attached hydrogens (tertiary/aromatic N) is 1. The Hall–Kier alpha value is -2.30. The van der Waals surface area contributed by atoms with Gasteiger partial charge in [0.25, 0.3) is 5.91 Å². The number of halogens is 1. The van der Waals surface area contributed by atoms with Crippen molar-refractivity contribution < 1.29 is 4.79 Å². The summed E-state index contributed by atoms with van der Waals surface area (Å²) in [7, 11) is 2.05. The number of hydrogen-bond donors (Lipinski definition) is 2. The molecule has 2 fully saturated rings. The lowest BCUT2D eigenvalue weighted by molar-refractivity contribution is 0.0926. The minimum absolute atomic E-state index is 0. The largest absolute Gasteiger partial charge is 0.349 e. The molecule has 2 N–H and O–H groups in total. The summed E-state index contributed by atoms with van der Waals surface area (Å²) in [5.74, 6) is 0.0527. The molecule has 3 heterocycles. The van der Waals surface area contributed by atoms with Crippen LogP contribution in [0.4, 0.5) is 0 Å².